The monoisotopic (exact) mass is 296 g/mol. The Balaban J connectivity index is 2.12. The lowest BCUT2D eigenvalue weighted by Crippen LogP contribution is -2.06. The molecule has 0 spiro atoms. The molecule has 1 aromatic rings. The smallest absolute Gasteiger partial charge is 0.338 e. The number of hydrogen-bond acceptors (Lipinski definition) is 4. The molecule has 0 bridgehead atoms. The van der Waals surface area contributed by atoms with E-state index in [1.807, 2.05) is 18.2 Å². The molecule has 0 amide bonds. The van der Waals surface area contributed by atoms with Gasteiger partial charge in [-0.25, -0.2) is 4.79 Å². The van der Waals surface area contributed by atoms with E-state index in [9.17, 15) is 9.00 Å². The maximum atomic E-state index is 11.8. The molecule has 19 heavy (non-hydrogen) atoms. The van der Waals surface area contributed by atoms with Crippen LogP contribution in [0.25, 0.3) is 6.08 Å². The highest BCUT2D eigenvalue weighted by atomic mass is 32.2. The van der Waals surface area contributed by atoms with Crippen molar-refractivity contribution < 1.29 is 13.7 Å². The first-order valence-electron chi connectivity index (χ1n) is 6.21. The number of thioether (sulfide) groups is 1. The number of hydrogen-bond donors (Lipinski definition) is 0. The molecule has 1 heterocycles. The molecule has 1 aliphatic rings. The van der Waals surface area contributed by atoms with Crippen LogP contribution in [0.3, 0.4) is 0 Å². The molecular formula is C14H16O3S2. The van der Waals surface area contributed by atoms with Crippen LogP contribution in [-0.4, -0.2) is 28.3 Å². The highest BCUT2D eigenvalue weighted by Crippen LogP contribution is 2.28. The van der Waals surface area contributed by atoms with Crippen LogP contribution in [0.1, 0.15) is 29.3 Å². The number of carbonyl (C=O) groups is 1. The van der Waals surface area contributed by atoms with Gasteiger partial charge in [-0.3, -0.25) is 4.21 Å². The van der Waals surface area contributed by atoms with Crippen LogP contribution in [-0.2, 0) is 15.5 Å². The van der Waals surface area contributed by atoms with Crippen molar-refractivity contribution in [1.29, 1.82) is 0 Å². The zero-order valence-electron chi connectivity index (χ0n) is 10.8. The lowest BCUT2D eigenvalue weighted by Gasteiger charge is -2.12. The van der Waals surface area contributed by atoms with E-state index < -0.39 is 10.8 Å². The molecule has 1 aliphatic heterocycles. The Kier molecular flexibility index (Phi) is 5.22. The van der Waals surface area contributed by atoms with E-state index in [0.29, 0.717) is 12.2 Å². The molecule has 0 N–H and O–H groups in total. The fraction of sp³-hybridized carbons (Fsp3) is 0.357. The van der Waals surface area contributed by atoms with E-state index in [2.05, 4.69) is 0 Å². The second-order valence-corrected chi connectivity index (χ2v) is 6.99. The van der Waals surface area contributed by atoms with Gasteiger partial charge in [0.15, 0.2) is 0 Å². The fourth-order valence-electron chi connectivity index (χ4n) is 1.70. The van der Waals surface area contributed by atoms with Gasteiger partial charge < -0.3 is 4.74 Å². The average molecular weight is 296 g/mol. The summed E-state index contributed by atoms with van der Waals surface area (Å²) in [5.41, 5.74) is 1.51. The van der Waals surface area contributed by atoms with Gasteiger partial charge in [0.2, 0.25) is 0 Å². The second kappa shape index (κ2) is 6.91. The van der Waals surface area contributed by atoms with Crippen molar-refractivity contribution >= 4 is 34.6 Å². The van der Waals surface area contributed by atoms with Gasteiger partial charge in [-0.05, 0) is 42.9 Å². The zero-order chi connectivity index (χ0) is 13.7. The summed E-state index contributed by atoms with van der Waals surface area (Å²) in [7, 11) is -0.863. The molecule has 1 atom stereocenters. The van der Waals surface area contributed by atoms with Crippen LogP contribution in [0.15, 0.2) is 28.5 Å². The Morgan fingerprint density at radius 1 is 1.42 bits per heavy atom. The van der Waals surface area contributed by atoms with Gasteiger partial charge in [-0.1, -0.05) is 12.1 Å². The van der Waals surface area contributed by atoms with Crippen molar-refractivity contribution in [2.45, 2.75) is 13.3 Å². The SMILES string of the molecule is CCOC(=O)c1ccc(/C=C2\SCCCS2=O)cc1. The van der Waals surface area contributed by atoms with Gasteiger partial charge in [0.25, 0.3) is 0 Å². The van der Waals surface area contributed by atoms with E-state index >= 15 is 0 Å². The summed E-state index contributed by atoms with van der Waals surface area (Å²) in [6, 6.07) is 7.18. The predicted octanol–water partition coefficient (Wildman–Crippen LogP) is 3.05. The average Bonchev–Trinajstić information content (AvgIpc) is 2.42. The normalized spacial score (nSPS) is 21.3. The maximum absolute atomic E-state index is 11.8. The number of rotatable bonds is 3. The molecule has 0 radical (unpaired) electrons. The Hall–Kier alpha value is -1.07. The van der Waals surface area contributed by atoms with Crippen LogP contribution < -0.4 is 0 Å². The largest absolute Gasteiger partial charge is 0.462 e. The maximum Gasteiger partial charge on any atom is 0.338 e. The van der Waals surface area contributed by atoms with E-state index in [1.54, 1.807) is 30.8 Å². The van der Waals surface area contributed by atoms with Crippen molar-refractivity contribution in [3.05, 3.63) is 39.6 Å². The second-order valence-electron chi connectivity index (χ2n) is 4.06. The molecular weight excluding hydrogens is 280 g/mol. The Morgan fingerprint density at radius 2 is 2.16 bits per heavy atom. The van der Waals surface area contributed by atoms with Crippen molar-refractivity contribution in [2.24, 2.45) is 0 Å². The van der Waals surface area contributed by atoms with Gasteiger partial charge in [-0.15, -0.1) is 11.8 Å². The van der Waals surface area contributed by atoms with Gasteiger partial charge in [-0.2, -0.15) is 0 Å². The molecule has 1 fully saturated rings. The van der Waals surface area contributed by atoms with Crippen LogP contribution >= 0.6 is 11.8 Å². The third-order valence-corrected chi connectivity index (χ3v) is 5.68. The fourth-order valence-corrected chi connectivity index (χ4v) is 4.50. The molecule has 5 heteroatoms. The minimum absolute atomic E-state index is 0.308. The van der Waals surface area contributed by atoms with E-state index in [1.165, 1.54) is 0 Å². The Labute approximate surface area is 119 Å². The summed E-state index contributed by atoms with van der Waals surface area (Å²) < 4.78 is 17.7. The van der Waals surface area contributed by atoms with Crippen LogP contribution in [0, 0.1) is 0 Å². The first-order valence-corrected chi connectivity index (χ1v) is 8.51. The van der Waals surface area contributed by atoms with Crippen molar-refractivity contribution in [1.82, 2.24) is 0 Å². The Bertz CT molecular complexity index is 506. The third kappa shape index (κ3) is 3.94. The Morgan fingerprint density at radius 3 is 2.79 bits per heavy atom. The minimum Gasteiger partial charge on any atom is -0.462 e. The summed E-state index contributed by atoms with van der Waals surface area (Å²) in [4.78, 5) is 11.5. The lowest BCUT2D eigenvalue weighted by molar-refractivity contribution is 0.0526. The number of benzene rings is 1. The highest BCUT2D eigenvalue weighted by Gasteiger charge is 2.14. The molecule has 3 nitrogen and oxygen atoms in total. The van der Waals surface area contributed by atoms with Gasteiger partial charge in [0.05, 0.1) is 27.2 Å². The summed E-state index contributed by atoms with van der Waals surface area (Å²) in [5, 5.41) is 0. The van der Waals surface area contributed by atoms with Crippen molar-refractivity contribution in [2.75, 3.05) is 18.1 Å². The number of esters is 1. The van der Waals surface area contributed by atoms with Crippen molar-refractivity contribution in [3.63, 3.8) is 0 Å². The quantitative estimate of drug-likeness (QED) is 0.804. The highest BCUT2D eigenvalue weighted by molar-refractivity contribution is 8.17. The summed E-state index contributed by atoms with van der Waals surface area (Å²) in [5.74, 6) is 1.47. The lowest BCUT2D eigenvalue weighted by atomic mass is 10.1. The molecule has 0 aliphatic carbocycles. The summed E-state index contributed by atoms with van der Waals surface area (Å²) in [6.07, 6.45) is 2.95. The van der Waals surface area contributed by atoms with Gasteiger partial charge in [0.1, 0.15) is 0 Å². The van der Waals surface area contributed by atoms with Crippen LogP contribution in [0.2, 0.25) is 0 Å². The number of ether oxygens (including phenoxy) is 1. The minimum atomic E-state index is -0.863. The molecule has 2 rings (SSSR count). The molecule has 1 unspecified atom stereocenters. The summed E-state index contributed by atoms with van der Waals surface area (Å²) in [6.45, 7) is 2.16. The first kappa shape index (κ1) is 14.3. The molecule has 0 aromatic heterocycles. The van der Waals surface area contributed by atoms with Gasteiger partial charge in [0, 0.05) is 5.75 Å². The number of carbonyl (C=O) groups excluding carboxylic acids is 1. The van der Waals surface area contributed by atoms with Gasteiger partial charge >= 0.3 is 5.97 Å². The molecule has 1 aromatic carbocycles. The van der Waals surface area contributed by atoms with E-state index in [0.717, 1.165) is 27.7 Å². The molecule has 0 saturated carbocycles. The summed E-state index contributed by atoms with van der Waals surface area (Å²) >= 11 is 1.65. The third-order valence-electron chi connectivity index (χ3n) is 2.65. The molecule has 1 saturated heterocycles. The van der Waals surface area contributed by atoms with Crippen molar-refractivity contribution in [3.8, 4) is 0 Å². The molecule has 102 valence electrons. The van der Waals surface area contributed by atoms with E-state index in [-0.39, 0.29) is 5.97 Å². The standard InChI is InChI=1S/C14H16O3S2/c1-2-17-14(15)12-6-4-11(5-7-12)10-13-18-8-3-9-19(13)16/h4-7,10H,2-3,8-9H2,1H3/b13-10+. The first-order chi connectivity index (χ1) is 9.20. The predicted molar refractivity (Wildman–Crippen MR) is 80.5 cm³/mol. The van der Waals surface area contributed by atoms with Crippen LogP contribution in [0.4, 0.5) is 0 Å². The topological polar surface area (TPSA) is 43.4 Å². The zero-order valence-corrected chi connectivity index (χ0v) is 12.4. The van der Waals surface area contributed by atoms with E-state index in [4.69, 9.17) is 4.74 Å². The van der Waals surface area contributed by atoms with Crippen LogP contribution in [0.5, 0.6) is 0 Å².